The van der Waals surface area contributed by atoms with Gasteiger partial charge < -0.3 is 9.73 Å². The lowest BCUT2D eigenvalue weighted by atomic mass is 9.99. The summed E-state index contributed by atoms with van der Waals surface area (Å²) in [5.41, 5.74) is 1.78. The lowest BCUT2D eigenvalue weighted by molar-refractivity contribution is 0.508. The number of halogens is 2. The van der Waals surface area contributed by atoms with Crippen molar-refractivity contribution in [1.29, 1.82) is 0 Å². The van der Waals surface area contributed by atoms with Gasteiger partial charge in [-0.1, -0.05) is 20.8 Å². The van der Waals surface area contributed by atoms with Crippen molar-refractivity contribution in [1.82, 2.24) is 5.32 Å². The molecule has 0 aliphatic rings. The van der Waals surface area contributed by atoms with Crippen molar-refractivity contribution in [2.45, 2.75) is 33.2 Å². The van der Waals surface area contributed by atoms with Crippen LogP contribution in [-0.2, 0) is 6.54 Å². The minimum absolute atomic E-state index is 0.290. The molecule has 0 saturated heterocycles. The van der Waals surface area contributed by atoms with Crippen LogP contribution in [0.4, 0.5) is 4.39 Å². The molecule has 0 aliphatic carbocycles. The van der Waals surface area contributed by atoms with Gasteiger partial charge in [-0.25, -0.2) is 4.39 Å². The molecule has 18 heavy (non-hydrogen) atoms. The number of fused-ring (bicyclic) bond motifs is 1. The Morgan fingerprint density at radius 1 is 1.39 bits per heavy atom. The molecule has 0 bridgehead atoms. The second-order valence-corrected chi connectivity index (χ2v) is 5.49. The molecule has 1 aromatic heterocycles. The first kappa shape index (κ1) is 13.6. The molecule has 0 saturated carbocycles. The minimum Gasteiger partial charge on any atom is -0.459 e. The van der Waals surface area contributed by atoms with E-state index >= 15 is 0 Å². The first-order valence-electron chi connectivity index (χ1n) is 6.15. The van der Waals surface area contributed by atoms with Crippen molar-refractivity contribution >= 4 is 26.9 Å². The van der Waals surface area contributed by atoms with Gasteiger partial charge in [0.1, 0.15) is 17.2 Å². The summed E-state index contributed by atoms with van der Waals surface area (Å²) in [6, 6.07) is 3.25. The summed E-state index contributed by atoms with van der Waals surface area (Å²) in [5.74, 6) is 0.957. The molecule has 2 rings (SSSR count). The van der Waals surface area contributed by atoms with Gasteiger partial charge in [-0.15, -0.1) is 0 Å². The maximum absolute atomic E-state index is 13.5. The van der Waals surface area contributed by atoms with Gasteiger partial charge >= 0.3 is 0 Å². The van der Waals surface area contributed by atoms with Crippen LogP contribution in [0.2, 0.25) is 0 Å². The maximum atomic E-state index is 13.5. The topological polar surface area (TPSA) is 25.2 Å². The molecular weight excluding hydrogens is 297 g/mol. The van der Waals surface area contributed by atoms with Crippen molar-refractivity contribution in [2.75, 3.05) is 6.54 Å². The van der Waals surface area contributed by atoms with Crippen LogP contribution < -0.4 is 5.32 Å². The van der Waals surface area contributed by atoms with Crippen molar-refractivity contribution in [3.8, 4) is 0 Å². The standard InChI is InChI=1S/C14H17BrFNO/c1-4-17-7-13-14(8(2)3)9-5-10(15)11(16)6-12(9)18-13/h5-6,8,17H,4,7H2,1-3H3. The van der Waals surface area contributed by atoms with Crippen LogP contribution in [0.25, 0.3) is 11.0 Å². The fraction of sp³-hybridized carbons (Fsp3) is 0.429. The molecule has 2 nitrogen and oxygen atoms in total. The van der Waals surface area contributed by atoms with Crippen LogP contribution in [-0.4, -0.2) is 6.54 Å². The minimum atomic E-state index is -0.290. The average Bonchev–Trinajstić information content (AvgIpc) is 2.64. The Balaban J connectivity index is 2.60. The van der Waals surface area contributed by atoms with E-state index in [1.54, 1.807) is 6.07 Å². The Kier molecular flexibility index (Phi) is 4.07. The summed E-state index contributed by atoms with van der Waals surface area (Å²) < 4.78 is 19.8. The normalized spacial score (nSPS) is 11.7. The molecule has 0 unspecified atom stereocenters. The predicted octanol–water partition coefficient (Wildman–Crippen LogP) is 4.57. The summed E-state index contributed by atoms with van der Waals surface area (Å²) in [6.45, 7) is 7.85. The highest BCUT2D eigenvalue weighted by Gasteiger charge is 2.18. The Labute approximate surface area is 115 Å². The molecule has 98 valence electrons. The fourth-order valence-electron chi connectivity index (χ4n) is 2.16. The Morgan fingerprint density at radius 2 is 2.11 bits per heavy atom. The van der Waals surface area contributed by atoms with Gasteiger partial charge in [-0.3, -0.25) is 0 Å². The van der Waals surface area contributed by atoms with Crippen LogP contribution >= 0.6 is 15.9 Å². The number of hydrogen-bond donors (Lipinski definition) is 1. The second kappa shape index (κ2) is 5.41. The molecule has 1 heterocycles. The van der Waals surface area contributed by atoms with E-state index in [2.05, 4.69) is 35.1 Å². The van der Waals surface area contributed by atoms with Gasteiger partial charge in [0, 0.05) is 17.0 Å². The zero-order chi connectivity index (χ0) is 13.3. The number of furan rings is 1. The van der Waals surface area contributed by atoms with Crippen LogP contribution in [0.15, 0.2) is 21.0 Å². The monoisotopic (exact) mass is 313 g/mol. The van der Waals surface area contributed by atoms with E-state index in [0.717, 1.165) is 23.3 Å². The first-order chi connectivity index (χ1) is 8.54. The van der Waals surface area contributed by atoms with E-state index < -0.39 is 0 Å². The maximum Gasteiger partial charge on any atom is 0.141 e. The molecule has 0 atom stereocenters. The third-order valence-corrected chi connectivity index (χ3v) is 3.57. The van der Waals surface area contributed by atoms with E-state index in [1.165, 1.54) is 6.07 Å². The third kappa shape index (κ3) is 2.45. The van der Waals surface area contributed by atoms with Crippen LogP contribution in [0.3, 0.4) is 0 Å². The summed E-state index contributed by atoms with van der Waals surface area (Å²) in [4.78, 5) is 0. The Morgan fingerprint density at radius 3 is 2.72 bits per heavy atom. The highest BCUT2D eigenvalue weighted by atomic mass is 79.9. The molecule has 0 aliphatic heterocycles. The molecule has 0 fully saturated rings. The summed E-state index contributed by atoms with van der Waals surface area (Å²) in [5, 5.41) is 4.24. The van der Waals surface area contributed by atoms with Gasteiger partial charge in [0.05, 0.1) is 11.0 Å². The van der Waals surface area contributed by atoms with Gasteiger partial charge in [0.25, 0.3) is 0 Å². The van der Waals surface area contributed by atoms with E-state index in [1.807, 2.05) is 6.92 Å². The van der Waals surface area contributed by atoms with Gasteiger partial charge in [0.15, 0.2) is 0 Å². The van der Waals surface area contributed by atoms with E-state index in [-0.39, 0.29) is 5.82 Å². The zero-order valence-electron chi connectivity index (χ0n) is 10.8. The lowest BCUT2D eigenvalue weighted by Gasteiger charge is -2.06. The molecule has 4 heteroatoms. The summed E-state index contributed by atoms with van der Waals surface area (Å²) in [6.07, 6.45) is 0. The van der Waals surface area contributed by atoms with Crippen molar-refractivity contribution in [3.05, 3.63) is 33.7 Å². The van der Waals surface area contributed by atoms with E-state index in [4.69, 9.17) is 4.42 Å². The summed E-state index contributed by atoms with van der Waals surface area (Å²) in [7, 11) is 0. The van der Waals surface area contributed by atoms with Crippen LogP contribution in [0.5, 0.6) is 0 Å². The van der Waals surface area contributed by atoms with Gasteiger partial charge in [-0.05, 0) is 34.5 Å². The van der Waals surface area contributed by atoms with Crippen molar-refractivity contribution in [2.24, 2.45) is 0 Å². The molecule has 0 amide bonds. The van der Waals surface area contributed by atoms with Gasteiger partial charge in [0.2, 0.25) is 0 Å². The molecule has 1 aromatic carbocycles. The number of rotatable bonds is 4. The highest BCUT2D eigenvalue weighted by molar-refractivity contribution is 9.10. The number of nitrogens with one attached hydrogen (secondary N) is 1. The zero-order valence-corrected chi connectivity index (χ0v) is 12.4. The average molecular weight is 314 g/mol. The number of hydrogen-bond acceptors (Lipinski definition) is 2. The quantitative estimate of drug-likeness (QED) is 0.894. The Hall–Kier alpha value is -0.870. The van der Waals surface area contributed by atoms with Crippen molar-refractivity contribution < 1.29 is 8.81 Å². The first-order valence-corrected chi connectivity index (χ1v) is 6.95. The molecular formula is C14H17BrFNO. The Bertz CT molecular complexity index is 562. The molecule has 2 aromatic rings. The van der Waals surface area contributed by atoms with Crippen LogP contribution in [0.1, 0.15) is 38.0 Å². The lowest BCUT2D eigenvalue weighted by Crippen LogP contribution is -2.12. The van der Waals surface area contributed by atoms with E-state index in [0.29, 0.717) is 22.5 Å². The predicted molar refractivity (Wildman–Crippen MR) is 75.3 cm³/mol. The van der Waals surface area contributed by atoms with E-state index in [9.17, 15) is 4.39 Å². The fourth-order valence-corrected chi connectivity index (χ4v) is 2.51. The largest absolute Gasteiger partial charge is 0.459 e. The smallest absolute Gasteiger partial charge is 0.141 e. The van der Waals surface area contributed by atoms with Gasteiger partial charge in [-0.2, -0.15) is 0 Å². The molecule has 1 N–H and O–H groups in total. The highest BCUT2D eigenvalue weighted by Crippen LogP contribution is 2.34. The third-order valence-electron chi connectivity index (χ3n) is 2.96. The second-order valence-electron chi connectivity index (χ2n) is 4.64. The van der Waals surface area contributed by atoms with Crippen molar-refractivity contribution in [3.63, 3.8) is 0 Å². The molecule has 0 spiro atoms. The van der Waals surface area contributed by atoms with Crippen LogP contribution in [0, 0.1) is 5.82 Å². The SMILES string of the molecule is CCNCc1oc2cc(F)c(Br)cc2c1C(C)C. The number of benzene rings is 1. The summed E-state index contributed by atoms with van der Waals surface area (Å²) >= 11 is 3.23. The molecule has 0 radical (unpaired) electrons.